The quantitative estimate of drug-likeness (QED) is 0.838. The molecule has 2 unspecified atom stereocenters. The summed E-state index contributed by atoms with van der Waals surface area (Å²) in [5.74, 6) is -1.90. The Labute approximate surface area is 139 Å². The van der Waals surface area contributed by atoms with Crippen LogP contribution in [0.1, 0.15) is 30.0 Å². The highest BCUT2D eigenvalue weighted by Gasteiger charge is 2.45. The predicted octanol–water partition coefficient (Wildman–Crippen LogP) is 3.68. The van der Waals surface area contributed by atoms with Gasteiger partial charge < -0.3 is 10.0 Å². The maximum absolute atomic E-state index is 13.0. The first-order valence-corrected chi connectivity index (χ1v) is 8.12. The van der Waals surface area contributed by atoms with E-state index in [9.17, 15) is 23.1 Å². The number of allylic oxidation sites excluding steroid dienone is 1. The number of benzene rings is 1. The Morgan fingerprint density at radius 2 is 2.13 bits per heavy atom. The number of carbonyl (C=O) groups excluding carboxylic acids is 1. The topological polar surface area (TPSA) is 40.5 Å². The van der Waals surface area contributed by atoms with E-state index in [0.717, 1.165) is 12.8 Å². The molecule has 1 aromatic carbocycles. The van der Waals surface area contributed by atoms with E-state index in [-0.39, 0.29) is 29.7 Å². The largest absolute Gasteiger partial charge is 0.454 e. The van der Waals surface area contributed by atoms with Gasteiger partial charge in [-0.3, -0.25) is 4.79 Å². The first-order valence-electron chi connectivity index (χ1n) is 7.33. The zero-order valence-electron chi connectivity index (χ0n) is 12.1. The Morgan fingerprint density at radius 3 is 2.78 bits per heavy atom. The third kappa shape index (κ3) is 2.80. The lowest BCUT2D eigenvalue weighted by Crippen LogP contribution is -2.41. The van der Waals surface area contributed by atoms with Crippen LogP contribution in [-0.2, 0) is 4.79 Å². The van der Waals surface area contributed by atoms with Gasteiger partial charge in [-0.25, -0.2) is 0 Å². The van der Waals surface area contributed by atoms with Crippen LogP contribution in [0, 0.1) is 5.92 Å². The fourth-order valence-corrected chi connectivity index (χ4v) is 4.09. The molecule has 0 aliphatic carbocycles. The van der Waals surface area contributed by atoms with Crippen LogP contribution in [0.25, 0.3) is 5.57 Å². The molecule has 0 spiro atoms. The number of aliphatic hydroxyl groups excluding tert-OH is 1. The molecule has 0 bridgehead atoms. The highest BCUT2D eigenvalue weighted by molar-refractivity contribution is 9.10. The summed E-state index contributed by atoms with van der Waals surface area (Å²) in [6, 6.07) is 4.90. The van der Waals surface area contributed by atoms with Gasteiger partial charge in [0.15, 0.2) is 0 Å². The number of halogens is 4. The van der Waals surface area contributed by atoms with Gasteiger partial charge in [0, 0.05) is 35.3 Å². The minimum absolute atomic E-state index is 0.0382. The summed E-state index contributed by atoms with van der Waals surface area (Å²) >= 11 is 3.27. The van der Waals surface area contributed by atoms with Gasteiger partial charge in [0.1, 0.15) is 0 Å². The van der Waals surface area contributed by atoms with E-state index in [1.165, 1.54) is 6.20 Å². The Hall–Kier alpha value is -1.34. The van der Waals surface area contributed by atoms with Crippen LogP contribution < -0.4 is 0 Å². The maximum atomic E-state index is 13.0. The number of rotatable bonds is 2. The highest BCUT2D eigenvalue weighted by atomic mass is 79.9. The van der Waals surface area contributed by atoms with Gasteiger partial charge in [-0.15, -0.1) is 0 Å². The molecule has 2 heterocycles. The van der Waals surface area contributed by atoms with Crippen LogP contribution in [0.15, 0.2) is 28.9 Å². The van der Waals surface area contributed by atoms with Crippen molar-refractivity contribution < 1.29 is 23.1 Å². The molecule has 3 rings (SSSR count). The van der Waals surface area contributed by atoms with Gasteiger partial charge >= 0.3 is 6.18 Å². The van der Waals surface area contributed by atoms with Gasteiger partial charge in [-0.1, -0.05) is 28.1 Å². The average molecular weight is 390 g/mol. The SMILES string of the molecule is O=C(C1=CN2CCCC(CO)C2c2cccc(Br)c21)C(F)(F)F. The van der Waals surface area contributed by atoms with Crippen molar-refractivity contribution in [3.05, 3.63) is 40.0 Å². The van der Waals surface area contributed by atoms with Gasteiger partial charge in [0.2, 0.25) is 0 Å². The minimum Gasteiger partial charge on any atom is -0.396 e. The molecular formula is C16H15BrF3NO2. The molecule has 124 valence electrons. The van der Waals surface area contributed by atoms with E-state index in [1.807, 2.05) is 0 Å². The number of hydrogen-bond donors (Lipinski definition) is 1. The third-order valence-corrected chi connectivity index (χ3v) is 5.12. The standard InChI is InChI=1S/C16H15BrF3NO2/c17-12-5-1-4-10-13(12)11(15(23)16(18,19)20)7-21-6-2-3-9(8-22)14(10)21/h1,4-5,7,9,14,22H,2-3,6,8H2. The number of ketones is 1. The Morgan fingerprint density at radius 1 is 1.39 bits per heavy atom. The minimum atomic E-state index is -4.92. The molecule has 1 saturated heterocycles. The zero-order valence-corrected chi connectivity index (χ0v) is 13.7. The Kier molecular flexibility index (Phi) is 4.27. The number of hydrogen-bond acceptors (Lipinski definition) is 3. The van der Waals surface area contributed by atoms with E-state index >= 15 is 0 Å². The molecule has 3 nitrogen and oxygen atoms in total. The Bertz CT molecular complexity index is 672. The first-order chi connectivity index (χ1) is 10.8. The monoisotopic (exact) mass is 389 g/mol. The van der Waals surface area contributed by atoms with E-state index in [0.29, 0.717) is 16.6 Å². The molecule has 1 N–H and O–H groups in total. The highest BCUT2D eigenvalue weighted by Crippen LogP contribution is 2.46. The summed E-state index contributed by atoms with van der Waals surface area (Å²) in [5.41, 5.74) is 0.611. The van der Waals surface area contributed by atoms with Crippen LogP contribution in [0.2, 0.25) is 0 Å². The molecule has 1 fully saturated rings. The van der Waals surface area contributed by atoms with Crippen molar-refractivity contribution in [1.82, 2.24) is 4.90 Å². The van der Waals surface area contributed by atoms with Crippen LogP contribution in [0.5, 0.6) is 0 Å². The number of alkyl halides is 3. The van der Waals surface area contributed by atoms with Crippen LogP contribution in [0.3, 0.4) is 0 Å². The molecule has 2 atom stereocenters. The number of fused-ring (bicyclic) bond motifs is 3. The van der Waals surface area contributed by atoms with Gasteiger partial charge in [0.25, 0.3) is 5.78 Å². The summed E-state index contributed by atoms with van der Waals surface area (Å²) in [5, 5.41) is 9.62. The molecule has 0 saturated carbocycles. The van der Waals surface area contributed by atoms with Gasteiger partial charge in [-0.2, -0.15) is 13.2 Å². The lowest BCUT2D eigenvalue weighted by Gasteiger charge is -2.44. The number of carbonyl (C=O) groups is 1. The van der Waals surface area contributed by atoms with Crippen LogP contribution >= 0.6 is 15.9 Å². The van der Waals surface area contributed by atoms with Crippen molar-refractivity contribution in [1.29, 1.82) is 0 Å². The fraction of sp³-hybridized carbons (Fsp3) is 0.438. The molecule has 23 heavy (non-hydrogen) atoms. The summed E-state index contributed by atoms with van der Waals surface area (Å²) < 4.78 is 39.3. The predicted molar refractivity (Wildman–Crippen MR) is 82.4 cm³/mol. The number of Topliss-reactive ketones (excluding diaryl/α,β-unsaturated/α-hetero) is 1. The number of aliphatic hydroxyl groups is 1. The maximum Gasteiger partial charge on any atom is 0.454 e. The second-order valence-electron chi connectivity index (χ2n) is 5.84. The molecule has 2 aliphatic rings. The summed E-state index contributed by atoms with van der Waals surface area (Å²) in [6.45, 7) is 0.533. The van der Waals surface area contributed by atoms with Gasteiger partial charge in [-0.05, 0) is 24.5 Å². The van der Waals surface area contributed by atoms with Crippen molar-refractivity contribution in [2.75, 3.05) is 13.2 Å². The molecule has 2 aliphatic heterocycles. The second kappa shape index (κ2) is 5.94. The summed E-state index contributed by atoms with van der Waals surface area (Å²) in [6.07, 6.45) is -2.03. The van der Waals surface area contributed by atoms with Crippen molar-refractivity contribution in [2.24, 2.45) is 5.92 Å². The third-order valence-electron chi connectivity index (χ3n) is 4.46. The molecular weight excluding hydrogens is 375 g/mol. The molecule has 7 heteroatoms. The smallest absolute Gasteiger partial charge is 0.396 e. The summed E-state index contributed by atoms with van der Waals surface area (Å²) in [4.78, 5) is 13.6. The fourth-order valence-electron chi connectivity index (χ4n) is 3.50. The molecule has 0 aromatic heterocycles. The molecule has 0 amide bonds. The first kappa shape index (κ1) is 16.5. The summed E-state index contributed by atoms with van der Waals surface area (Å²) in [7, 11) is 0. The van der Waals surface area contributed by atoms with Crippen molar-refractivity contribution in [3.63, 3.8) is 0 Å². The van der Waals surface area contributed by atoms with Crippen LogP contribution in [-0.4, -0.2) is 35.1 Å². The number of piperidine rings is 1. The molecule has 1 aromatic rings. The van der Waals surface area contributed by atoms with E-state index in [4.69, 9.17) is 0 Å². The van der Waals surface area contributed by atoms with Crippen molar-refractivity contribution in [3.8, 4) is 0 Å². The van der Waals surface area contributed by atoms with E-state index in [1.54, 1.807) is 23.1 Å². The van der Waals surface area contributed by atoms with Crippen LogP contribution in [0.4, 0.5) is 13.2 Å². The molecule has 0 radical (unpaired) electrons. The number of nitrogens with zero attached hydrogens (tertiary/aromatic N) is 1. The van der Waals surface area contributed by atoms with E-state index in [2.05, 4.69) is 15.9 Å². The Balaban J connectivity index is 2.17. The lowest BCUT2D eigenvalue weighted by atomic mass is 9.79. The van der Waals surface area contributed by atoms with Gasteiger partial charge in [0.05, 0.1) is 11.6 Å². The average Bonchev–Trinajstić information content (AvgIpc) is 2.52. The zero-order chi connectivity index (χ0) is 16.8. The normalized spacial score (nSPS) is 23.9. The second-order valence-corrected chi connectivity index (χ2v) is 6.70. The van der Waals surface area contributed by atoms with Crippen molar-refractivity contribution >= 4 is 27.3 Å². The lowest BCUT2D eigenvalue weighted by molar-refractivity contribution is -0.164. The van der Waals surface area contributed by atoms with Crippen molar-refractivity contribution in [2.45, 2.75) is 25.1 Å². The van der Waals surface area contributed by atoms with E-state index < -0.39 is 12.0 Å².